The maximum atomic E-state index is 13.7. The average molecular weight is 361 g/mol. The quantitative estimate of drug-likeness (QED) is 0.576. The monoisotopic (exact) mass is 361 g/mol. The molecule has 0 aliphatic heterocycles. The number of halogens is 1. The van der Waals surface area contributed by atoms with E-state index in [2.05, 4.69) is 25.3 Å². The molecule has 0 aliphatic rings. The molecular formula is C20H16FN5O. The molecule has 0 unspecified atom stereocenters. The molecule has 4 aromatic rings. The van der Waals surface area contributed by atoms with Crippen LogP contribution in [0.4, 0.5) is 10.2 Å². The van der Waals surface area contributed by atoms with Gasteiger partial charge in [0.25, 0.3) is 0 Å². The Morgan fingerprint density at radius 3 is 2.78 bits per heavy atom. The number of hydrogen-bond acceptors (Lipinski definition) is 4. The van der Waals surface area contributed by atoms with Crippen molar-refractivity contribution in [3.63, 3.8) is 0 Å². The van der Waals surface area contributed by atoms with Crippen molar-refractivity contribution in [1.82, 2.24) is 19.9 Å². The minimum atomic E-state index is -0.357. The Bertz CT molecular complexity index is 1170. The van der Waals surface area contributed by atoms with E-state index in [1.165, 1.54) is 13.1 Å². The van der Waals surface area contributed by atoms with Gasteiger partial charge in [-0.15, -0.1) is 0 Å². The number of aromatic nitrogens is 4. The summed E-state index contributed by atoms with van der Waals surface area (Å²) in [6.45, 7) is 3.13. The topological polar surface area (TPSA) is 83.6 Å². The van der Waals surface area contributed by atoms with E-state index in [4.69, 9.17) is 0 Å². The number of carbonyl (C=O) groups excluding carboxylic acids is 1. The van der Waals surface area contributed by atoms with E-state index in [9.17, 15) is 9.18 Å². The maximum Gasteiger partial charge on any atom is 0.222 e. The first-order chi connectivity index (χ1) is 13.0. The number of carbonyl (C=O) groups is 1. The SMILES string of the molecule is CC(=O)Nc1cc(-c2[nH]c3cccnc3c2-c2cc(C)c(F)cn2)ccn1. The van der Waals surface area contributed by atoms with Crippen LogP contribution in [0.15, 0.2) is 48.9 Å². The highest BCUT2D eigenvalue weighted by Gasteiger charge is 2.18. The highest BCUT2D eigenvalue weighted by atomic mass is 19.1. The van der Waals surface area contributed by atoms with Gasteiger partial charge >= 0.3 is 0 Å². The molecule has 134 valence electrons. The average Bonchev–Trinajstić information content (AvgIpc) is 3.03. The van der Waals surface area contributed by atoms with E-state index in [-0.39, 0.29) is 11.7 Å². The Kier molecular flexibility index (Phi) is 4.12. The van der Waals surface area contributed by atoms with E-state index >= 15 is 0 Å². The van der Waals surface area contributed by atoms with Gasteiger partial charge in [0, 0.05) is 24.9 Å². The van der Waals surface area contributed by atoms with Gasteiger partial charge in [-0.1, -0.05) is 0 Å². The maximum absolute atomic E-state index is 13.7. The number of hydrogen-bond donors (Lipinski definition) is 2. The largest absolute Gasteiger partial charge is 0.353 e. The molecule has 4 aromatic heterocycles. The fourth-order valence-corrected chi connectivity index (χ4v) is 3.00. The van der Waals surface area contributed by atoms with Crippen LogP contribution < -0.4 is 5.32 Å². The third kappa shape index (κ3) is 3.15. The van der Waals surface area contributed by atoms with Crippen molar-refractivity contribution in [3.8, 4) is 22.5 Å². The van der Waals surface area contributed by atoms with Gasteiger partial charge in [-0.25, -0.2) is 9.37 Å². The molecule has 0 atom stereocenters. The van der Waals surface area contributed by atoms with Crippen LogP contribution in [0, 0.1) is 12.7 Å². The third-order valence-electron chi connectivity index (χ3n) is 4.21. The van der Waals surface area contributed by atoms with Crippen LogP contribution in [0.1, 0.15) is 12.5 Å². The zero-order chi connectivity index (χ0) is 19.0. The molecule has 4 heterocycles. The number of pyridine rings is 3. The van der Waals surface area contributed by atoms with Crippen molar-refractivity contribution in [2.45, 2.75) is 13.8 Å². The normalized spacial score (nSPS) is 10.9. The van der Waals surface area contributed by atoms with E-state index in [0.29, 0.717) is 17.1 Å². The number of fused-ring (bicyclic) bond motifs is 1. The summed E-state index contributed by atoms with van der Waals surface area (Å²) in [6.07, 6.45) is 4.54. The molecule has 0 fully saturated rings. The second-order valence-corrected chi connectivity index (χ2v) is 6.20. The van der Waals surface area contributed by atoms with Gasteiger partial charge in [-0.2, -0.15) is 0 Å². The lowest BCUT2D eigenvalue weighted by Gasteiger charge is -2.08. The second-order valence-electron chi connectivity index (χ2n) is 6.20. The molecule has 0 spiro atoms. The molecule has 27 heavy (non-hydrogen) atoms. The molecule has 0 saturated carbocycles. The smallest absolute Gasteiger partial charge is 0.222 e. The lowest BCUT2D eigenvalue weighted by atomic mass is 10.0. The van der Waals surface area contributed by atoms with Gasteiger partial charge in [0.05, 0.1) is 34.2 Å². The van der Waals surface area contributed by atoms with E-state index in [1.54, 1.807) is 31.5 Å². The van der Waals surface area contributed by atoms with Gasteiger partial charge in [-0.3, -0.25) is 14.8 Å². The number of nitrogens with one attached hydrogen (secondary N) is 2. The first-order valence-electron chi connectivity index (χ1n) is 8.36. The summed E-state index contributed by atoms with van der Waals surface area (Å²) in [4.78, 5) is 27.6. The van der Waals surface area contributed by atoms with Crippen molar-refractivity contribution in [1.29, 1.82) is 0 Å². The lowest BCUT2D eigenvalue weighted by Crippen LogP contribution is -2.07. The van der Waals surface area contributed by atoms with Crippen LogP contribution >= 0.6 is 0 Å². The molecule has 4 rings (SSSR count). The fraction of sp³-hybridized carbons (Fsp3) is 0.100. The van der Waals surface area contributed by atoms with Gasteiger partial charge in [0.15, 0.2) is 0 Å². The van der Waals surface area contributed by atoms with Gasteiger partial charge in [0.1, 0.15) is 11.6 Å². The minimum Gasteiger partial charge on any atom is -0.353 e. The van der Waals surface area contributed by atoms with Crippen LogP contribution in [0.25, 0.3) is 33.5 Å². The molecule has 0 aliphatic carbocycles. The molecule has 0 saturated heterocycles. The summed E-state index contributed by atoms with van der Waals surface area (Å²) in [6, 6.07) is 9.06. The lowest BCUT2D eigenvalue weighted by molar-refractivity contribution is -0.114. The Hall–Kier alpha value is -3.61. The Labute approximate surface area is 154 Å². The number of aryl methyl sites for hydroxylation is 1. The van der Waals surface area contributed by atoms with Crippen LogP contribution in [0.2, 0.25) is 0 Å². The highest BCUT2D eigenvalue weighted by Crippen LogP contribution is 2.37. The summed E-state index contributed by atoms with van der Waals surface area (Å²) < 4.78 is 13.7. The molecule has 0 aromatic carbocycles. The van der Waals surface area contributed by atoms with E-state index in [0.717, 1.165) is 27.9 Å². The van der Waals surface area contributed by atoms with Crippen molar-refractivity contribution >= 4 is 22.8 Å². The fourth-order valence-electron chi connectivity index (χ4n) is 3.00. The number of rotatable bonds is 3. The molecular weight excluding hydrogens is 345 g/mol. The van der Waals surface area contributed by atoms with Crippen molar-refractivity contribution in [2.75, 3.05) is 5.32 Å². The van der Waals surface area contributed by atoms with E-state index < -0.39 is 0 Å². The van der Waals surface area contributed by atoms with Crippen molar-refractivity contribution < 1.29 is 9.18 Å². The van der Waals surface area contributed by atoms with Gasteiger partial charge in [0.2, 0.25) is 5.91 Å². The minimum absolute atomic E-state index is 0.200. The summed E-state index contributed by atoms with van der Waals surface area (Å²) in [5, 5.41) is 2.68. The first kappa shape index (κ1) is 16.8. The summed E-state index contributed by atoms with van der Waals surface area (Å²) in [7, 11) is 0. The first-order valence-corrected chi connectivity index (χ1v) is 8.36. The second kappa shape index (κ2) is 6.60. The molecule has 7 heteroatoms. The number of aromatic amines is 1. The number of H-pyrrole nitrogens is 1. The molecule has 2 N–H and O–H groups in total. The standard InChI is InChI=1S/C20H16FN5O/c1-11-8-16(24-10-14(11)21)18-19(26-15-4-3-6-23-20(15)18)13-5-7-22-17(9-13)25-12(2)27/h3-10,26H,1-2H3,(H,22,25,27). The zero-order valence-electron chi connectivity index (χ0n) is 14.7. The molecule has 0 bridgehead atoms. The predicted octanol–water partition coefficient (Wildman–Crippen LogP) is 4.09. The Morgan fingerprint density at radius 2 is 2.00 bits per heavy atom. The van der Waals surface area contributed by atoms with Crippen molar-refractivity contribution in [3.05, 3.63) is 60.3 Å². The molecule has 1 amide bonds. The van der Waals surface area contributed by atoms with E-state index in [1.807, 2.05) is 18.2 Å². The molecule has 0 radical (unpaired) electrons. The van der Waals surface area contributed by atoms with Crippen LogP contribution in [-0.4, -0.2) is 25.8 Å². The summed E-state index contributed by atoms with van der Waals surface area (Å²) >= 11 is 0. The van der Waals surface area contributed by atoms with Crippen LogP contribution in [-0.2, 0) is 4.79 Å². The highest BCUT2D eigenvalue weighted by molar-refractivity contribution is 6.01. The van der Waals surface area contributed by atoms with Gasteiger partial charge < -0.3 is 10.3 Å². The van der Waals surface area contributed by atoms with Crippen LogP contribution in [0.5, 0.6) is 0 Å². The zero-order valence-corrected chi connectivity index (χ0v) is 14.7. The number of anilines is 1. The summed E-state index contributed by atoms with van der Waals surface area (Å²) in [5.74, 6) is -0.111. The molecule has 6 nitrogen and oxygen atoms in total. The Morgan fingerprint density at radius 1 is 1.15 bits per heavy atom. The van der Waals surface area contributed by atoms with Gasteiger partial charge in [-0.05, 0) is 42.8 Å². The predicted molar refractivity (Wildman–Crippen MR) is 102 cm³/mol. The summed E-state index contributed by atoms with van der Waals surface area (Å²) in [5.41, 5.74) is 5.06. The number of nitrogens with zero attached hydrogens (tertiary/aromatic N) is 3. The van der Waals surface area contributed by atoms with Crippen molar-refractivity contribution in [2.24, 2.45) is 0 Å². The number of amides is 1. The Balaban J connectivity index is 1.96. The van der Waals surface area contributed by atoms with Crippen LogP contribution in [0.3, 0.4) is 0 Å². The third-order valence-corrected chi connectivity index (χ3v) is 4.21.